The van der Waals surface area contributed by atoms with Crippen LogP contribution >= 0.6 is 0 Å². The van der Waals surface area contributed by atoms with Crippen LogP contribution in [-0.2, 0) is 24.7 Å². The Hall–Kier alpha value is 0.830. The van der Waals surface area contributed by atoms with Gasteiger partial charge in [-0.2, -0.15) is 0 Å². The minimum atomic E-state index is -1.32. The fourth-order valence-electron chi connectivity index (χ4n) is 0.471. The van der Waals surface area contributed by atoms with Crippen LogP contribution in [0.5, 0.6) is 0 Å². The van der Waals surface area contributed by atoms with Crippen molar-refractivity contribution < 1.29 is 24.7 Å². The predicted molar refractivity (Wildman–Crippen MR) is 27.9 cm³/mol. The van der Waals surface area contributed by atoms with Gasteiger partial charge in [-0.25, -0.2) is 0 Å². The van der Waals surface area contributed by atoms with Gasteiger partial charge in [-0.1, -0.05) is 0 Å². The third-order valence-electron chi connectivity index (χ3n) is 0.471. The molecule has 0 amide bonds. The molecule has 0 aromatic carbocycles. The molecular weight excluding hydrogens is 255 g/mol. The van der Waals surface area contributed by atoms with Crippen molar-refractivity contribution in [3.63, 3.8) is 0 Å². The Morgan fingerprint density at radius 3 is 1.71 bits per heavy atom. The Bertz CT molecular complexity index is 37.3. The predicted octanol–water partition coefficient (Wildman–Crippen LogP) is 2.04. The fraction of sp³-hybridized carbons (Fsp3) is 1.00. The van der Waals surface area contributed by atoms with Gasteiger partial charge in [0.05, 0.1) is 0 Å². The van der Waals surface area contributed by atoms with Crippen molar-refractivity contribution in [1.82, 2.24) is 0 Å². The van der Waals surface area contributed by atoms with E-state index in [1.165, 1.54) is 0 Å². The van der Waals surface area contributed by atoms with Crippen LogP contribution < -0.4 is 0 Å². The van der Waals surface area contributed by atoms with Gasteiger partial charge in [0.15, 0.2) is 0 Å². The summed E-state index contributed by atoms with van der Waals surface area (Å²) in [5.74, 6) is 0. The molecule has 2 heteroatoms. The zero-order valence-electron chi connectivity index (χ0n) is 5.49. The van der Waals surface area contributed by atoms with Gasteiger partial charge in [0.1, 0.15) is 0 Å². The summed E-state index contributed by atoms with van der Waals surface area (Å²) >= 11 is -1.32. The quantitative estimate of drug-likeness (QED) is 0.696. The van der Waals surface area contributed by atoms with Crippen molar-refractivity contribution >= 4 is 0 Å². The molecular formula is C5H13HfO. The molecule has 0 saturated carbocycles. The molecule has 0 radical (unpaired) electrons. The third-order valence-corrected chi connectivity index (χ3v) is 3.86. The van der Waals surface area contributed by atoms with E-state index in [0.29, 0.717) is 6.10 Å². The molecule has 0 saturated heterocycles. The molecule has 0 spiro atoms. The van der Waals surface area contributed by atoms with Gasteiger partial charge in [0, 0.05) is 0 Å². The van der Waals surface area contributed by atoms with E-state index in [1.54, 1.807) is 0 Å². The third kappa shape index (κ3) is 6.83. The molecule has 0 bridgehead atoms. The topological polar surface area (TPSA) is 9.23 Å². The standard InChI is InChI=1S/C3H7O.2CH3.Hf/c1-3(2)4;;;/h3H,1-2H3;2*1H3;/q-1;;;+1. The summed E-state index contributed by atoms with van der Waals surface area (Å²) in [5.41, 5.74) is 0. The second-order valence-corrected chi connectivity index (χ2v) is 9.45. The van der Waals surface area contributed by atoms with E-state index < -0.39 is 21.9 Å². The van der Waals surface area contributed by atoms with Crippen LogP contribution in [0.4, 0.5) is 0 Å². The summed E-state index contributed by atoms with van der Waals surface area (Å²) in [6.45, 7) is 4.19. The Kier molecular flexibility index (Phi) is 4.24. The van der Waals surface area contributed by atoms with Gasteiger partial charge in [-0.15, -0.1) is 0 Å². The summed E-state index contributed by atoms with van der Waals surface area (Å²) in [5, 5.41) is 0. The van der Waals surface area contributed by atoms with Gasteiger partial charge >= 0.3 is 54.0 Å². The van der Waals surface area contributed by atoms with Crippen LogP contribution in [0, 0.1) is 0 Å². The average Bonchev–Trinajstić information content (AvgIpc) is 1.27. The molecule has 0 N–H and O–H groups in total. The van der Waals surface area contributed by atoms with Crippen molar-refractivity contribution in [2.45, 2.75) is 29.3 Å². The van der Waals surface area contributed by atoms with E-state index in [0.717, 1.165) is 0 Å². The first-order valence-electron chi connectivity index (χ1n) is 2.59. The van der Waals surface area contributed by atoms with Crippen molar-refractivity contribution in [2.75, 3.05) is 0 Å². The molecule has 0 rings (SSSR count). The van der Waals surface area contributed by atoms with E-state index in [-0.39, 0.29) is 0 Å². The second kappa shape index (κ2) is 3.79. The van der Waals surface area contributed by atoms with Crippen molar-refractivity contribution in [3.8, 4) is 0 Å². The molecule has 0 fully saturated rings. The van der Waals surface area contributed by atoms with Crippen LogP contribution in [0.3, 0.4) is 0 Å². The van der Waals surface area contributed by atoms with Crippen molar-refractivity contribution in [2.24, 2.45) is 0 Å². The van der Waals surface area contributed by atoms with Gasteiger partial charge < -0.3 is 0 Å². The van der Waals surface area contributed by atoms with Gasteiger partial charge in [0.25, 0.3) is 0 Å². The SMILES string of the molecule is CC(C)[O][Hf]([CH3])[CH3]. The molecule has 0 aliphatic heterocycles. The normalized spacial score (nSPS) is 9.86. The van der Waals surface area contributed by atoms with Crippen molar-refractivity contribution in [3.05, 3.63) is 0 Å². The molecule has 0 atom stereocenters. The van der Waals surface area contributed by atoms with E-state index in [9.17, 15) is 0 Å². The summed E-state index contributed by atoms with van der Waals surface area (Å²) in [6.07, 6.45) is 0.470. The van der Waals surface area contributed by atoms with Gasteiger partial charge in [-0.05, 0) is 0 Å². The van der Waals surface area contributed by atoms with E-state index in [4.69, 9.17) is 2.85 Å². The van der Waals surface area contributed by atoms with E-state index in [1.807, 2.05) is 0 Å². The summed E-state index contributed by atoms with van der Waals surface area (Å²) in [6, 6.07) is 0. The first kappa shape index (κ1) is 7.83. The molecule has 0 heterocycles. The minimum absolute atomic E-state index is 0.470. The van der Waals surface area contributed by atoms with E-state index in [2.05, 4.69) is 23.2 Å². The monoisotopic (exact) mass is 269 g/mol. The first-order valence-corrected chi connectivity index (χ1v) is 11.2. The Labute approximate surface area is 54.2 Å². The van der Waals surface area contributed by atoms with Crippen LogP contribution in [0.15, 0.2) is 0 Å². The number of rotatable bonds is 2. The fourth-order valence-corrected chi connectivity index (χ4v) is 3.86. The second-order valence-electron chi connectivity index (χ2n) is 2.07. The molecule has 0 aromatic rings. The molecule has 0 aliphatic carbocycles. The molecule has 0 aromatic heterocycles. The maximum atomic E-state index is 5.46. The molecule has 1 nitrogen and oxygen atoms in total. The number of hydrogen-bond acceptors (Lipinski definition) is 1. The maximum absolute atomic E-state index is 5.46. The molecule has 0 aliphatic rings. The summed E-state index contributed by atoms with van der Waals surface area (Å²) < 4.78 is 9.97. The van der Waals surface area contributed by atoms with Crippen LogP contribution in [0.25, 0.3) is 0 Å². The van der Waals surface area contributed by atoms with Crippen LogP contribution in [0.2, 0.25) is 9.36 Å². The van der Waals surface area contributed by atoms with Gasteiger partial charge in [-0.3, -0.25) is 0 Å². The molecule has 43 valence electrons. The van der Waals surface area contributed by atoms with Crippen molar-refractivity contribution in [1.29, 1.82) is 0 Å². The Balaban J connectivity index is 2.95. The van der Waals surface area contributed by atoms with E-state index >= 15 is 0 Å². The van der Waals surface area contributed by atoms with Crippen LogP contribution in [-0.4, -0.2) is 6.10 Å². The summed E-state index contributed by atoms with van der Waals surface area (Å²) in [7, 11) is 0. The molecule has 7 heavy (non-hydrogen) atoms. The molecule has 0 unspecified atom stereocenters. The average molecular weight is 268 g/mol. The number of hydrogen-bond donors (Lipinski definition) is 0. The Morgan fingerprint density at radius 1 is 1.29 bits per heavy atom. The Morgan fingerprint density at radius 2 is 1.71 bits per heavy atom. The zero-order chi connectivity index (χ0) is 5.86. The van der Waals surface area contributed by atoms with Crippen LogP contribution in [0.1, 0.15) is 13.8 Å². The zero-order valence-corrected chi connectivity index (χ0v) is 9.08. The summed E-state index contributed by atoms with van der Waals surface area (Å²) in [4.78, 5) is 0. The van der Waals surface area contributed by atoms with Gasteiger partial charge in [0.2, 0.25) is 0 Å². The first-order chi connectivity index (χ1) is 3.13.